The van der Waals surface area contributed by atoms with Crippen molar-refractivity contribution in [2.24, 2.45) is 17.1 Å². The van der Waals surface area contributed by atoms with Crippen LogP contribution < -0.4 is 10.4 Å². The molecule has 0 saturated carbocycles. The fourth-order valence-electron chi connectivity index (χ4n) is 4.70. The molecular formula is C33H28N6OS. The van der Waals surface area contributed by atoms with Crippen LogP contribution in [0.5, 0.6) is 0 Å². The van der Waals surface area contributed by atoms with Gasteiger partial charge in [0.25, 0.3) is 5.56 Å². The van der Waals surface area contributed by atoms with E-state index in [2.05, 4.69) is 41.4 Å². The Balaban J connectivity index is 1.51. The zero-order valence-electron chi connectivity index (χ0n) is 23.0. The van der Waals surface area contributed by atoms with Crippen LogP contribution in [-0.4, -0.2) is 24.7 Å². The highest BCUT2D eigenvalue weighted by Gasteiger charge is 2.17. The SMILES string of the molecule is CC(=Nn1c(-c2ccc(-c3ccccc3)cc2)csc1=Nc1c(C)n(C)n(-c2ccccc2)c1=O)c1cccnc1. The van der Waals surface area contributed by atoms with Gasteiger partial charge in [0, 0.05) is 35.9 Å². The molecule has 8 heteroatoms. The lowest BCUT2D eigenvalue weighted by Gasteiger charge is -2.08. The predicted octanol–water partition coefficient (Wildman–Crippen LogP) is 6.58. The molecule has 202 valence electrons. The second-order valence-electron chi connectivity index (χ2n) is 9.61. The minimum Gasteiger partial charge on any atom is -0.283 e. The number of benzene rings is 3. The summed E-state index contributed by atoms with van der Waals surface area (Å²) in [5.41, 5.74) is 7.62. The topological polar surface area (TPSA) is 69.5 Å². The Bertz CT molecular complexity index is 1960. The maximum atomic E-state index is 13.6. The second-order valence-corrected chi connectivity index (χ2v) is 10.4. The zero-order valence-corrected chi connectivity index (χ0v) is 23.8. The molecule has 0 spiro atoms. The van der Waals surface area contributed by atoms with Crippen LogP contribution in [0, 0.1) is 6.92 Å². The molecule has 7 nitrogen and oxygen atoms in total. The maximum absolute atomic E-state index is 13.6. The number of nitrogens with zero attached hydrogens (tertiary/aromatic N) is 6. The van der Waals surface area contributed by atoms with Gasteiger partial charge >= 0.3 is 0 Å². The van der Waals surface area contributed by atoms with Crippen LogP contribution in [-0.2, 0) is 7.05 Å². The standard InChI is InChI=1S/C33H28N6OS/c1-23(28-13-10-20-34-21-28)36-38-30(27-18-16-26(17-19-27)25-11-6-4-7-12-25)22-41-33(38)35-31-24(2)37(3)39(32(31)40)29-14-8-5-9-15-29/h4-22H,1-3H3. The summed E-state index contributed by atoms with van der Waals surface area (Å²) in [6.45, 7) is 3.86. The lowest BCUT2D eigenvalue weighted by atomic mass is 10.0. The molecule has 6 aromatic rings. The van der Waals surface area contributed by atoms with E-state index >= 15 is 0 Å². The normalized spacial score (nSPS) is 12.2. The average Bonchev–Trinajstić information content (AvgIpc) is 3.51. The largest absolute Gasteiger partial charge is 0.297 e. The lowest BCUT2D eigenvalue weighted by molar-refractivity contribution is 0.630. The molecule has 0 amide bonds. The van der Waals surface area contributed by atoms with Crippen molar-refractivity contribution in [3.8, 4) is 28.1 Å². The van der Waals surface area contributed by atoms with Gasteiger partial charge in [-0.3, -0.25) is 14.5 Å². The quantitative estimate of drug-likeness (QED) is 0.218. The summed E-state index contributed by atoms with van der Waals surface area (Å²) in [5, 5.41) is 7.02. The molecule has 0 unspecified atom stereocenters. The minimum atomic E-state index is -0.183. The Morgan fingerprint density at radius 2 is 1.49 bits per heavy atom. The van der Waals surface area contributed by atoms with Gasteiger partial charge in [0.15, 0.2) is 5.69 Å². The first-order valence-corrected chi connectivity index (χ1v) is 14.1. The van der Waals surface area contributed by atoms with Crippen molar-refractivity contribution < 1.29 is 0 Å². The number of hydrogen-bond donors (Lipinski definition) is 0. The molecule has 0 fully saturated rings. The molecule has 3 aromatic heterocycles. The van der Waals surface area contributed by atoms with E-state index in [1.165, 1.54) is 11.3 Å². The molecule has 0 aliphatic heterocycles. The van der Waals surface area contributed by atoms with Gasteiger partial charge in [-0.15, -0.1) is 11.3 Å². The fraction of sp³-hybridized carbons (Fsp3) is 0.0909. The third kappa shape index (κ3) is 5.13. The van der Waals surface area contributed by atoms with E-state index in [0.29, 0.717) is 10.5 Å². The number of para-hydroxylation sites is 1. The van der Waals surface area contributed by atoms with Crippen LogP contribution in [0.15, 0.2) is 130 Å². The van der Waals surface area contributed by atoms with Crippen LogP contribution in [0.3, 0.4) is 0 Å². The lowest BCUT2D eigenvalue weighted by Crippen LogP contribution is -2.20. The first kappa shape index (κ1) is 26.2. The number of hydrogen-bond acceptors (Lipinski definition) is 5. The maximum Gasteiger partial charge on any atom is 0.297 e. The Kier molecular flexibility index (Phi) is 7.14. The average molecular weight is 557 g/mol. The molecule has 0 aliphatic rings. The van der Waals surface area contributed by atoms with Gasteiger partial charge in [0.2, 0.25) is 4.80 Å². The van der Waals surface area contributed by atoms with Crippen LogP contribution in [0.4, 0.5) is 5.69 Å². The summed E-state index contributed by atoms with van der Waals surface area (Å²) in [6, 6.07) is 32.2. The smallest absolute Gasteiger partial charge is 0.283 e. The van der Waals surface area contributed by atoms with E-state index < -0.39 is 0 Å². The van der Waals surface area contributed by atoms with Crippen molar-refractivity contribution in [2.45, 2.75) is 13.8 Å². The second kappa shape index (κ2) is 11.2. The first-order chi connectivity index (χ1) is 20.0. The fourth-order valence-corrected chi connectivity index (χ4v) is 5.54. The van der Waals surface area contributed by atoms with Crippen molar-refractivity contribution in [3.05, 3.63) is 141 Å². The molecule has 3 aromatic carbocycles. The van der Waals surface area contributed by atoms with Crippen molar-refractivity contribution in [1.29, 1.82) is 0 Å². The van der Waals surface area contributed by atoms with Crippen molar-refractivity contribution in [2.75, 3.05) is 0 Å². The van der Waals surface area contributed by atoms with E-state index in [4.69, 9.17) is 10.1 Å². The molecule has 3 heterocycles. The number of rotatable bonds is 6. The number of aromatic nitrogens is 4. The Morgan fingerprint density at radius 1 is 0.829 bits per heavy atom. The molecule has 0 atom stereocenters. The predicted molar refractivity (Wildman–Crippen MR) is 166 cm³/mol. The van der Waals surface area contributed by atoms with Gasteiger partial charge in [-0.2, -0.15) is 5.10 Å². The first-order valence-electron chi connectivity index (χ1n) is 13.2. The third-order valence-corrected chi connectivity index (χ3v) is 7.85. The Hall–Kier alpha value is -5.08. The van der Waals surface area contributed by atoms with E-state index in [9.17, 15) is 4.79 Å². The summed E-state index contributed by atoms with van der Waals surface area (Å²) >= 11 is 1.45. The van der Waals surface area contributed by atoms with Crippen LogP contribution in [0.25, 0.3) is 28.1 Å². The Labute approximate surface area is 241 Å². The molecule has 0 radical (unpaired) electrons. The summed E-state index contributed by atoms with van der Waals surface area (Å²) in [4.78, 5) is 23.4. The van der Waals surface area contributed by atoms with E-state index in [1.54, 1.807) is 17.1 Å². The molecule has 0 saturated heterocycles. The zero-order chi connectivity index (χ0) is 28.3. The molecule has 6 rings (SSSR count). The number of thiazole rings is 1. The summed E-state index contributed by atoms with van der Waals surface area (Å²) < 4.78 is 5.30. The summed E-state index contributed by atoms with van der Waals surface area (Å²) in [5.74, 6) is 0. The van der Waals surface area contributed by atoms with E-state index in [-0.39, 0.29) is 5.56 Å². The summed E-state index contributed by atoms with van der Waals surface area (Å²) in [6.07, 6.45) is 3.53. The molecule has 41 heavy (non-hydrogen) atoms. The minimum absolute atomic E-state index is 0.183. The van der Waals surface area contributed by atoms with Crippen LogP contribution in [0.2, 0.25) is 0 Å². The van der Waals surface area contributed by atoms with Crippen LogP contribution in [0.1, 0.15) is 18.2 Å². The summed E-state index contributed by atoms with van der Waals surface area (Å²) in [7, 11) is 1.87. The van der Waals surface area contributed by atoms with Crippen molar-refractivity contribution >= 4 is 22.7 Å². The monoisotopic (exact) mass is 556 g/mol. The molecule has 0 aliphatic carbocycles. The number of pyridine rings is 1. The highest BCUT2D eigenvalue weighted by atomic mass is 32.1. The third-order valence-electron chi connectivity index (χ3n) is 7.03. The molecule has 0 N–H and O–H groups in total. The van der Waals surface area contributed by atoms with Gasteiger partial charge < -0.3 is 0 Å². The Morgan fingerprint density at radius 3 is 2.17 bits per heavy atom. The van der Waals surface area contributed by atoms with Gasteiger partial charge in [-0.1, -0.05) is 78.9 Å². The van der Waals surface area contributed by atoms with Gasteiger partial charge in [-0.25, -0.2) is 14.4 Å². The van der Waals surface area contributed by atoms with Gasteiger partial charge in [0.05, 0.1) is 22.8 Å². The highest BCUT2D eigenvalue weighted by Crippen LogP contribution is 2.26. The van der Waals surface area contributed by atoms with E-state index in [1.807, 2.05) is 96.3 Å². The van der Waals surface area contributed by atoms with Crippen molar-refractivity contribution in [3.63, 3.8) is 0 Å². The molecule has 0 bridgehead atoms. The van der Waals surface area contributed by atoms with Gasteiger partial charge in [-0.05, 0) is 43.2 Å². The van der Waals surface area contributed by atoms with E-state index in [0.717, 1.165) is 45.0 Å². The molecular weight excluding hydrogens is 528 g/mol. The highest BCUT2D eigenvalue weighted by molar-refractivity contribution is 7.07. The van der Waals surface area contributed by atoms with Gasteiger partial charge in [0.1, 0.15) is 0 Å². The van der Waals surface area contributed by atoms with Crippen molar-refractivity contribution in [1.82, 2.24) is 19.0 Å². The van der Waals surface area contributed by atoms with Crippen LogP contribution >= 0.6 is 11.3 Å².